The number of dihydropyridines is 1. The van der Waals surface area contributed by atoms with E-state index in [2.05, 4.69) is 34.5 Å². The molecule has 0 radical (unpaired) electrons. The van der Waals surface area contributed by atoms with Crippen molar-refractivity contribution in [2.75, 3.05) is 19.6 Å². The number of hydrogen-bond acceptors (Lipinski definition) is 7. The van der Waals surface area contributed by atoms with Crippen molar-refractivity contribution < 1.29 is 13.2 Å². The van der Waals surface area contributed by atoms with Crippen LogP contribution in [-0.2, 0) is 21.9 Å². The minimum Gasteiger partial charge on any atom is -0.342 e. The van der Waals surface area contributed by atoms with Crippen LogP contribution < -0.4 is 5.32 Å². The SMILES string of the molecule is Cc1nn(C)c(C)c1S(=O)(=O)N1CCC2(CC1)C1=C(N=NC1)NC1=C2C(=O)CC(C)(C)C1. The topological polar surface area (TPSA) is 109 Å². The Kier molecular flexibility index (Phi) is 4.59. The van der Waals surface area contributed by atoms with Gasteiger partial charge >= 0.3 is 0 Å². The van der Waals surface area contributed by atoms with Gasteiger partial charge in [0, 0.05) is 48.8 Å². The number of carbonyl (C=O) groups is 1. The van der Waals surface area contributed by atoms with Gasteiger partial charge in [-0.25, -0.2) is 8.42 Å². The fourth-order valence-corrected chi connectivity index (χ4v) is 7.83. The summed E-state index contributed by atoms with van der Waals surface area (Å²) in [7, 11) is -1.91. The number of allylic oxidation sites excluding steroid dienone is 2. The maximum absolute atomic E-state index is 13.5. The van der Waals surface area contributed by atoms with Crippen molar-refractivity contribution in [3.05, 3.63) is 34.1 Å². The third kappa shape index (κ3) is 2.95. The van der Waals surface area contributed by atoms with Gasteiger partial charge in [-0.2, -0.15) is 14.5 Å². The molecule has 4 heterocycles. The van der Waals surface area contributed by atoms with Crippen LogP contribution in [-0.4, -0.2) is 47.9 Å². The molecule has 3 aliphatic heterocycles. The van der Waals surface area contributed by atoms with Crippen molar-refractivity contribution in [3.63, 3.8) is 0 Å². The third-order valence-corrected chi connectivity index (χ3v) is 9.65. The average molecular weight is 459 g/mol. The number of piperidine rings is 1. The van der Waals surface area contributed by atoms with Crippen molar-refractivity contribution in [3.8, 4) is 0 Å². The summed E-state index contributed by atoms with van der Waals surface area (Å²) < 4.78 is 30.2. The zero-order valence-corrected chi connectivity index (χ0v) is 20.1. The van der Waals surface area contributed by atoms with Crippen LogP contribution in [0.4, 0.5) is 0 Å². The molecule has 1 N–H and O–H groups in total. The number of rotatable bonds is 2. The van der Waals surface area contributed by atoms with E-state index in [0.29, 0.717) is 55.2 Å². The number of hydrogen-bond donors (Lipinski definition) is 1. The molecule has 1 fully saturated rings. The first-order valence-electron chi connectivity index (χ1n) is 11.1. The summed E-state index contributed by atoms with van der Waals surface area (Å²) in [5, 5.41) is 16.3. The number of nitrogens with one attached hydrogen (secondary N) is 1. The van der Waals surface area contributed by atoms with Crippen LogP contribution in [0.5, 0.6) is 0 Å². The highest BCUT2D eigenvalue weighted by molar-refractivity contribution is 7.89. The number of Topliss-reactive ketones (excluding diaryl/α,β-unsaturated/α-hetero) is 1. The standard InChI is InChI=1S/C22H30N6O3S/c1-13-19(14(2)27(5)26-13)32(30,31)28-8-6-22(7-9-28)15-12-23-25-20(15)24-16-10-21(3,4)11-17(29)18(16)22/h24H,6-12H2,1-5H3. The minimum atomic E-state index is -3.67. The maximum Gasteiger partial charge on any atom is 0.246 e. The van der Waals surface area contributed by atoms with Crippen molar-refractivity contribution in [2.45, 2.75) is 58.3 Å². The highest BCUT2D eigenvalue weighted by atomic mass is 32.2. The summed E-state index contributed by atoms with van der Waals surface area (Å²) in [6.45, 7) is 8.89. The quantitative estimate of drug-likeness (QED) is 0.733. The first kappa shape index (κ1) is 21.5. The molecule has 0 aromatic carbocycles. The largest absolute Gasteiger partial charge is 0.342 e. The lowest BCUT2D eigenvalue weighted by Crippen LogP contribution is -2.50. The number of fused-ring (bicyclic) bond motifs is 2. The van der Waals surface area contributed by atoms with E-state index in [9.17, 15) is 13.2 Å². The smallest absolute Gasteiger partial charge is 0.246 e. The number of aryl methyl sites for hydroxylation is 2. The number of sulfonamides is 1. The van der Waals surface area contributed by atoms with Crippen LogP contribution in [0.3, 0.4) is 0 Å². The van der Waals surface area contributed by atoms with E-state index in [4.69, 9.17) is 0 Å². The molecule has 0 unspecified atom stereocenters. The third-order valence-electron chi connectivity index (χ3n) is 7.50. The van der Waals surface area contributed by atoms with Gasteiger partial charge in [-0.05, 0) is 38.5 Å². The Morgan fingerprint density at radius 2 is 1.78 bits per heavy atom. The molecule has 5 rings (SSSR count). The first-order chi connectivity index (χ1) is 15.0. The van der Waals surface area contributed by atoms with E-state index in [0.717, 1.165) is 29.1 Å². The van der Waals surface area contributed by atoms with Crippen LogP contribution in [0.1, 0.15) is 50.9 Å². The maximum atomic E-state index is 13.5. The van der Waals surface area contributed by atoms with E-state index >= 15 is 0 Å². The highest BCUT2D eigenvalue weighted by Gasteiger charge is 2.53. The van der Waals surface area contributed by atoms with Crippen LogP contribution in [0.2, 0.25) is 0 Å². The normalized spacial score (nSPS) is 24.7. The lowest BCUT2D eigenvalue weighted by atomic mass is 9.60. The number of aromatic nitrogens is 2. The second kappa shape index (κ2) is 6.84. The predicted molar refractivity (Wildman–Crippen MR) is 118 cm³/mol. The predicted octanol–water partition coefficient (Wildman–Crippen LogP) is 2.73. The summed E-state index contributed by atoms with van der Waals surface area (Å²) >= 11 is 0. The van der Waals surface area contributed by atoms with Gasteiger partial charge in [0.15, 0.2) is 11.6 Å². The van der Waals surface area contributed by atoms with Crippen molar-refractivity contribution in [2.24, 2.45) is 28.1 Å². The van der Waals surface area contributed by atoms with Crippen LogP contribution in [0.15, 0.2) is 37.8 Å². The molecule has 1 aliphatic carbocycles. The Labute approximate surface area is 188 Å². The van der Waals surface area contributed by atoms with E-state index < -0.39 is 15.4 Å². The molecule has 1 aromatic heterocycles. The first-order valence-corrected chi connectivity index (χ1v) is 12.6. The van der Waals surface area contributed by atoms with Crippen LogP contribution in [0.25, 0.3) is 0 Å². The van der Waals surface area contributed by atoms with Gasteiger partial charge in [-0.15, -0.1) is 5.11 Å². The van der Waals surface area contributed by atoms with Gasteiger partial charge in [0.25, 0.3) is 0 Å². The van der Waals surface area contributed by atoms with Gasteiger partial charge in [0.05, 0.1) is 17.9 Å². The summed E-state index contributed by atoms with van der Waals surface area (Å²) in [4.78, 5) is 13.7. The molecule has 10 heteroatoms. The molecule has 1 spiro atoms. The van der Waals surface area contributed by atoms with E-state index in [1.54, 1.807) is 29.9 Å². The zero-order valence-electron chi connectivity index (χ0n) is 19.3. The minimum absolute atomic E-state index is 0.114. The van der Waals surface area contributed by atoms with Gasteiger partial charge in [-0.3, -0.25) is 9.48 Å². The van der Waals surface area contributed by atoms with Crippen molar-refractivity contribution in [1.29, 1.82) is 0 Å². The molecule has 172 valence electrons. The Morgan fingerprint density at radius 1 is 1.09 bits per heavy atom. The van der Waals surface area contributed by atoms with E-state index in [1.807, 2.05) is 0 Å². The monoisotopic (exact) mass is 458 g/mol. The number of nitrogens with zero attached hydrogens (tertiary/aromatic N) is 5. The van der Waals surface area contributed by atoms with Crippen molar-refractivity contribution in [1.82, 2.24) is 19.4 Å². The van der Waals surface area contributed by atoms with Crippen LogP contribution >= 0.6 is 0 Å². The summed E-state index contributed by atoms with van der Waals surface area (Å²) in [5.41, 5.74) is 3.37. The van der Waals surface area contributed by atoms with Crippen LogP contribution in [0, 0.1) is 24.7 Å². The molecule has 0 atom stereocenters. The Bertz CT molecular complexity index is 1230. The molecule has 1 aromatic rings. The molecule has 0 amide bonds. The fraction of sp³-hybridized carbons (Fsp3) is 0.636. The van der Waals surface area contributed by atoms with Gasteiger partial charge in [0.2, 0.25) is 10.0 Å². The molecule has 0 bridgehead atoms. The Morgan fingerprint density at radius 3 is 2.41 bits per heavy atom. The summed E-state index contributed by atoms with van der Waals surface area (Å²) in [6.07, 6.45) is 2.39. The van der Waals surface area contributed by atoms with Gasteiger partial charge < -0.3 is 5.32 Å². The Balaban J connectivity index is 1.51. The number of ketones is 1. The Hall–Kier alpha value is -2.33. The average Bonchev–Trinajstić information content (AvgIpc) is 3.25. The lowest BCUT2D eigenvalue weighted by molar-refractivity contribution is -0.119. The second-order valence-corrected chi connectivity index (χ2v) is 12.1. The summed E-state index contributed by atoms with van der Waals surface area (Å²) in [6, 6.07) is 0. The fourth-order valence-electron chi connectivity index (χ4n) is 5.98. The molecule has 9 nitrogen and oxygen atoms in total. The highest BCUT2D eigenvalue weighted by Crippen LogP contribution is 2.55. The molecule has 1 saturated heterocycles. The molecular weight excluding hydrogens is 428 g/mol. The van der Waals surface area contributed by atoms with Gasteiger partial charge in [0.1, 0.15) is 4.90 Å². The van der Waals surface area contributed by atoms with E-state index in [1.165, 1.54) is 0 Å². The van der Waals surface area contributed by atoms with Crippen molar-refractivity contribution >= 4 is 15.8 Å². The zero-order chi connectivity index (χ0) is 23.1. The molecule has 32 heavy (non-hydrogen) atoms. The molecular formula is C22H30N6O3S. The number of carbonyl (C=O) groups excluding carboxylic acids is 1. The second-order valence-electron chi connectivity index (χ2n) is 10.3. The lowest BCUT2D eigenvalue weighted by Gasteiger charge is -2.48. The number of azo groups is 1. The van der Waals surface area contributed by atoms with E-state index in [-0.39, 0.29) is 11.2 Å². The summed E-state index contributed by atoms with van der Waals surface area (Å²) in [5.74, 6) is 0.918. The molecule has 0 saturated carbocycles. The molecule has 4 aliphatic rings. The van der Waals surface area contributed by atoms with Gasteiger partial charge in [-0.1, -0.05) is 13.8 Å².